The standard InChI is InChI=1S/C14H14ClNO3/c15-11-3-1-2-10(8-11)14(5-6-14)16(9-17)12-4-7-19-13(12)18/h1-3,8-9,12H,4-7H2/t12-/m1/s1. The summed E-state index contributed by atoms with van der Waals surface area (Å²) < 4.78 is 4.97. The van der Waals surface area contributed by atoms with Crippen LogP contribution in [0.4, 0.5) is 0 Å². The Morgan fingerprint density at radius 1 is 1.42 bits per heavy atom. The molecule has 1 aromatic carbocycles. The van der Waals surface area contributed by atoms with Crippen molar-refractivity contribution in [2.75, 3.05) is 6.61 Å². The van der Waals surface area contributed by atoms with Gasteiger partial charge in [-0.15, -0.1) is 0 Å². The maximum atomic E-state index is 11.7. The first-order valence-electron chi connectivity index (χ1n) is 6.34. The molecule has 0 bridgehead atoms. The van der Waals surface area contributed by atoms with Crippen LogP contribution in [0.5, 0.6) is 0 Å². The van der Waals surface area contributed by atoms with Gasteiger partial charge in [0.15, 0.2) is 0 Å². The third-order valence-electron chi connectivity index (χ3n) is 3.94. The van der Waals surface area contributed by atoms with Gasteiger partial charge in [0.2, 0.25) is 6.41 Å². The van der Waals surface area contributed by atoms with Gasteiger partial charge in [-0.3, -0.25) is 4.79 Å². The predicted octanol–water partition coefficient (Wildman–Crippen LogP) is 2.10. The van der Waals surface area contributed by atoms with Crippen molar-refractivity contribution in [1.82, 2.24) is 4.90 Å². The number of halogens is 1. The van der Waals surface area contributed by atoms with Crippen molar-refractivity contribution in [2.45, 2.75) is 30.8 Å². The Balaban J connectivity index is 1.94. The van der Waals surface area contributed by atoms with E-state index >= 15 is 0 Å². The number of amides is 1. The van der Waals surface area contributed by atoms with E-state index in [-0.39, 0.29) is 11.5 Å². The molecule has 5 heteroatoms. The van der Waals surface area contributed by atoms with Crippen LogP contribution in [-0.4, -0.2) is 29.9 Å². The smallest absolute Gasteiger partial charge is 0.329 e. The highest BCUT2D eigenvalue weighted by Crippen LogP contribution is 2.52. The van der Waals surface area contributed by atoms with Crippen molar-refractivity contribution in [1.29, 1.82) is 0 Å². The van der Waals surface area contributed by atoms with Gasteiger partial charge in [0, 0.05) is 11.4 Å². The molecule has 1 aliphatic heterocycles. The number of esters is 1. The minimum Gasteiger partial charge on any atom is -0.464 e. The molecule has 2 aliphatic rings. The van der Waals surface area contributed by atoms with Gasteiger partial charge in [0.05, 0.1) is 12.1 Å². The number of ether oxygens (including phenoxy) is 1. The van der Waals surface area contributed by atoms with Gasteiger partial charge in [-0.1, -0.05) is 23.7 Å². The Hall–Kier alpha value is -1.55. The quantitative estimate of drug-likeness (QED) is 0.626. The zero-order valence-corrected chi connectivity index (χ0v) is 11.1. The number of cyclic esters (lactones) is 1. The fraction of sp³-hybridized carbons (Fsp3) is 0.429. The molecule has 1 saturated heterocycles. The van der Waals surface area contributed by atoms with Crippen LogP contribution >= 0.6 is 11.6 Å². The van der Waals surface area contributed by atoms with Gasteiger partial charge >= 0.3 is 5.97 Å². The van der Waals surface area contributed by atoms with Crippen molar-refractivity contribution >= 4 is 24.0 Å². The number of rotatable bonds is 4. The zero-order chi connectivity index (χ0) is 13.5. The Morgan fingerprint density at radius 3 is 2.74 bits per heavy atom. The first kappa shape index (κ1) is 12.5. The number of hydrogen-bond acceptors (Lipinski definition) is 3. The zero-order valence-electron chi connectivity index (χ0n) is 10.3. The van der Waals surface area contributed by atoms with Crippen LogP contribution in [-0.2, 0) is 19.9 Å². The molecule has 1 aromatic rings. The summed E-state index contributed by atoms with van der Waals surface area (Å²) in [5, 5.41) is 0.642. The lowest BCUT2D eigenvalue weighted by molar-refractivity contribution is -0.146. The summed E-state index contributed by atoms with van der Waals surface area (Å²) in [6.07, 6.45) is 3.05. The lowest BCUT2D eigenvalue weighted by Gasteiger charge is -2.32. The summed E-state index contributed by atoms with van der Waals surface area (Å²) in [6.45, 7) is 0.388. The largest absolute Gasteiger partial charge is 0.464 e. The van der Waals surface area contributed by atoms with Gasteiger partial charge in [-0.25, -0.2) is 4.79 Å². The van der Waals surface area contributed by atoms with E-state index in [1.807, 2.05) is 18.2 Å². The fourth-order valence-electron chi connectivity index (χ4n) is 2.80. The van der Waals surface area contributed by atoms with Gasteiger partial charge < -0.3 is 9.64 Å². The molecule has 1 atom stereocenters. The highest BCUT2D eigenvalue weighted by molar-refractivity contribution is 6.30. The summed E-state index contributed by atoms with van der Waals surface area (Å²) in [7, 11) is 0. The van der Waals surface area contributed by atoms with Crippen LogP contribution in [0.1, 0.15) is 24.8 Å². The summed E-state index contributed by atoms with van der Waals surface area (Å²) >= 11 is 6.02. The van der Waals surface area contributed by atoms with Crippen molar-refractivity contribution in [2.24, 2.45) is 0 Å². The summed E-state index contributed by atoms with van der Waals surface area (Å²) in [5.74, 6) is -0.305. The highest BCUT2D eigenvalue weighted by atomic mass is 35.5. The van der Waals surface area contributed by atoms with Crippen LogP contribution < -0.4 is 0 Å². The normalized spacial score (nSPS) is 23.8. The van der Waals surface area contributed by atoms with Gasteiger partial charge in [0.1, 0.15) is 6.04 Å². The van der Waals surface area contributed by atoms with E-state index in [0.29, 0.717) is 18.1 Å². The molecule has 19 heavy (non-hydrogen) atoms. The molecule has 0 radical (unpaired) electrons. The molecule has 1 aliphatic carbocycles. The Bertz CT molecular complexity index is 527. The molecule has 0 spiro atoms. The second-order valence-electron chi connectivity index (χ2n) is 5.03. The molecule has 0 unspecified atom stereocenters. The topological polar surface area (TPSA) is 46.6 Å². The fourth-order valence-corrected chi connectivity index (χ4v) is 2.99. The van der Waals surface area contributed by atoms with Crippen molar-refractivity contribution in [3.8, 4) is 0 Å². The summed E-state index contributed by atoms with van der Waals surface area (Å²) in [5.41, 5.74) is 0.618. The molecule has 0 aromatic heterocycles. The molecule has 2 fully saturated rings. The molecule has 4 nitrogen and oxygen atoms in total. The average molecular weight is 280 g/mol. The van der Waals surface area contributed by atoms with E-state index in [4.69, 9.17) is 16.3 Å². The minimum absolute atomic E-state index is 0.305. The van der Waals surface area contributed by atoms with E-state index in [2.05, 4.69) is 0 Å². The number of carbonyl (C=O) groups excluding carboxylic acids is 2. The molecular formula is C14H14ClNO3. The van der Waals surface area contributed by atoms with Crippen molar-refractivity contribution in [3.05, 3.63) is 34.9 Å². The van der Waals surface area contributed by atoms with Crippen LogP contribution in [0, 0.1) is 0 Å². The lowest BCUT2D eigenvalue weighted by Crippen LogP contribution is -2.44. The van der Waals surface area contributed by atoms with Gasteiger partial charge in [-0.05, 0) is 30.5 Å². The highest BCUT2D eigenvalue weighted by Gasteiger charge is 2.53. The van der Waals surface area contributed by atoms with E-state index in [9.17, 15) is 9.59 Å². The number of nitrogens with zero attached hydrogens (tertiary/aromatic N) is 1. The maximum Gasteiger partial charge on any atom is 0.329 e. The summed E-state index contributed by atoms with van der Waals surface area (Å²) in [6, 6.07) is 7.03. The molecule has 3 rings (SSSR count). The third kappa shape index (κ3) is 2.00. The monoisotopic (exact) mass is 279 g/mol. The summed E-state index contributed by atoms with van der Waals surface area (Å²) in [4.78, 5) is 24.8. The maximum absolute atomic E-state index is 11.7. The van der Waals surface area contributed by atoms with Crippen molar-refractivity contribution < 1.29 is 14.3 Å². The molecular weight excluding hydrogens is 266 g/mol. The van der Waals surface area contributed by atoms with E-state index in [1.165, 1.54) is 0 Å². The van der Waals surface area contributed by atoms with E-state index in [1.54, 1.807) is 11.0 Å². The molecule has 0 N–H and O–H groups in total. The SMILES string of the molecule is O=CN([C@@H]1CCOC1=O)C1(c2cccc(Cl)c2)CC1. The second-order valence-corrected chi connectivity index (χ2v) is 5.46. The second kappa shape index (κ2) is 4.53. The third-order valence-corrected chi connectivity index (χ3v) is 4.17. The van der Waals surface area contributed by atoms with E-state index in [0.717, 1.165) is 24.8 Å². The van der Waals surface area contributed by atoms with Crippen LogP contribution in [0.25, 0.3) is 0 Å². The minimum atomic E-state index is -0.459. The Kier molecular flexibility index (Phi) is 2.97. The molecule has 1 amide bonds. The number of benzene rings is 1. The van der Waals surface area contributed by atoms with Gasteiger partial charge in [-0.2, -0.15) is 0 Å². The van der Waals surface area contributed by atoms with Crippen LogP contribution in [0.3, 0.4) is 0 Å². The Morgan fingerprint density at radius 2 is 2.21 bits per heavy atom. The predicted molar refractivity (Wildman–Crippen MR) is 69.6 cm³/mol. The molecule has 100 valence electrons. The number of hydrogen-bond donors (Lipinski definition) is 0. The molecule has 1 heterocycles. The first-order chi connectivity index (χ1) is 9.17. The Labute approximate surface area is 116 Å². The van der Waals surface area contributed by atoms with E-state index < -0.39 is 6.04 Å². The van der Waals surface area contributed by atoms with Gasteiger partial charge in [0.25, 0.3) is 0 Å². The van der Waals surface area contributed by atoms with Crippen molar-refractivity contribution in [3.63, 3.8) is 0 Å². The first-order valence-corrected chi connectivity index (χ1v) is 6.71. The average Bonchev–Trinajstić information content (AvgIpc) is 3.09. The van der Waals surface area contributed by atoms with Crippen LogP contribution in [0.2, 0.25) is 5.02 Å². The molecule has 1 saturated carbocycles. The number of carbonyl (C=O) groups is 2. The lowest BCUT2D eigenvalue weighted by atomic mass is 10.0. The van der Waals surface area contributed by atoms with Crippen LogP contribution in [0.15, 0.2) is 24.3 Å².